The standard InChI is InChI=1S/C14H23N/c1-11(2)8-9-13(4)15-14-7-5-6-12(3)10-14/h5-7,10-11,13,15H,8-9H2,1-4H3. The predicted octanol–water partition coefficient (Wildman–Crippen LogP) is 4.23. The van der Waals surface area contributed by atoms with Gasteiger partial charge in [-0.2, -0.15) is 0 Å². The van der Waals surface area contributed by atoms with E-state index in [-0.39, 0.29) is 0 Å². The second-order valence-electron chi connectivity index (χ2n) is 4.89. The largest absolute Gasteiger partial charge is 0.383 e. The van der Waals surface area contributed by atoms with Crippen molar-refractivity contribution in [2.45, 2.75) is 46.6 Å². The van der Waals surface area contributed by atoms with Crippen LogP contribution in [-0.2, 0) is 0 Å². The van der Waals surface area contributed by atoms with Gasteiger partial charge < -0.3 is 5.32 Å². The Hall–Kier alpha value is -0.980. The van der Waals surface area contributed by atoms with Crippen molar-refractivity contribution in [1.82, 2.24) is 0 Å². The third-order valence-corrected chi connectivity index (χ3v) is 2.61. The highest BCUT2D eigenvalue weighted by Crippen LogP contribution is 2.14. The highest BCUT2D eigenvalue weighted by Gasteiger charge is 2.03. The first-order valence-electron chi connectivity index (χ1n) is 5.91. The van der Waals surface area contributed by atoms with Crippen LogP contribution in [0, 0.1) is 12.8 Å². The minimum absolute atomic E-state index is 0.564. The molecule has 1 rings (SSSR count). The van der Waals surface area contributed by atoms with E-state index in [1.54, 1.807) is 0 Å². The van der Waals surface area contributed by atoms with Crippen molar-refractivity contribution in [2.24, 2.45) is 5.92 Å². The molecule has 0 fully saturated rings. The van der Waals surface area contributed by atoms with Crippen LogP contribution < -0.4 is 5.32 Å². The quantitative estimate of drug-likeness (QED) is 0.758. The molecule has 0 aliphatic heterocycles. The van der Waals surface area contributed by atoms with Crippen LogP contribution in [0.15, 0.2) is 24.3 Å². The average molecular weight is 205 g/mol. The number of rotatable bonds is 5. The summed E-state index contributed by atoms with van der Waals surface area (Å²) >= 11 is 0. The van der Waals surface area contributed by atoms with Crippen LogP contribution in [0.25, 0.3) is 0 Å². The van der Waals surface area contributed by atoms with E-state index in [4.69, 9.17) is 0 Å². The lowest BCUT2D eigenvalue weighted by Crippen LogP contribution is -2.15. The third kappa shape index (κ3) is 4.87. The zero-order chi connectivity index (χ0) is 11.3. The Morgan fingerprint density at radius 2 is 1.87 bits per heavy atom. The van der Waals surface area contributed by atoms with E-state index >= 15 is 0 Å². The summed E-state index contributed by atoms with van der Waals surface area (Å²) in [5.74, 6) is 0.798. The molecule has 1 aromatic carbocycles. The molecule has 1 atom stereocenters. The molecule has 1 N–H and O–H groups in total. The van der Waals surface area contributed by atoms with Crippen molar-refractivity contribution in [2.75, 3.05) is 5.32 Å². The monoisotopic (exact) mass is 205 g/mol. The van der Waals surface area contributed by atoms with E-state index in [0.717, 1.165) is 5.92 Å². The maximum atomic E-state index is 3.54. The Balaban J connectivity index is 2.40. The SMILES string of the molecule is Cc1cccc(NC(C)CCC(C)C)c1. The molecule has 0 aliphatic rings. The van der Waals surface area contributed by atoms with Crippen LogP contribution in [0.5, 0.6) is 0 Å². The van der Waals surface area contributed by atoms with Gasteiger partial charge in [0.25, 0.3) is 0 Å². The van der Waals surface area contributed by atoms with Gasteiger partial charge >= 0.3 is 0 Å². The summed E-state index contributed by atoms with van der Waals surface area (Å²) in [7, 11) is 0. The van der Waals surface area contributed by atoms with Crippen molar-refractivity contribution < 1.29 is 0 Å². The van der Waals surface area contributed by atoms with Gasteiger partial charge in [-0.15, -0.1) is 0 Å². The molecule has 15 heavy (non-hydrogen) atoms. The molecule has 0 aliphatic carbocycles. The number of anilines is 1. The van der Waals surface area contributed by atoms with Gasteiger partial charge in [-0.1, -0.05) is 26.0 Å². The van der Waals surface area contributed by atoms with E-state index < -0.39 is 0 Å². The van der Waals surface area contributed by atoms with Gasteiger partial charge in [0, 0.05) is 11.7 Å². The second kappa shape index (κ2) is 5.79. The molecule has 1 nitrogen and oxygen atoms in total. The van der Waals surface area contributed by atoms with E-state index in [9.17, 15) is 0 Å². The lowest BCUT2D eigenvalue weighted by Gasteiger charge is -2.16. The summed E-state index contributed by atoms with van der Waals surface area (Å²) < 4.78 is 0. The normalized spacial score (nSPS) is 12.9. The topological polar surface area (TPSA) is 12.0 Å². The summed E-state index contributed by atoms with van der Waals surface area (Å²) in [6.07, 6.45) is 2.53. The maximum absolute atomic E-state index is 3.54. The van der Waals surface area contributed by atoms with Crippen molar-refractivity contribution in [3.63, 3.8) is 0 Å². The minimum Gasteiger partial charge on any atom is -0.383 e. The first kappa shape index (κ1) is 12.1. The molecule has 1 heteroatoms. The molecule has 0 spiro atoms. The molecule has 0 radical (unpaired) electrons. The Morgan fingerprint density at radius 1 is 1.13 bits per heavy atom. The van der Waals surface area contributed by atoms with Crippen LogP contribution in [0.1, 0.15) is 39.2 Å². The molecule has 1 aromatic rings. The molecule has 0 saturated carbocycles. The van der Waals surface area contributed by atoms with E-state index in [1.807, 2.05) is 0 Å². The predicted molar refractivity (Wildman–Crippen MR) is 68.3 cm³/mol. The molecule has 84 valence electrons. The smallest absolute Gasteiger partial charge is 0.0344 e. The van der Waals surface area contributed by atoms with Crippen molar-refractivity contribution >= 4 is 5.69 Å². The summed E-state index contributed by atoms with van der Waals surface area (Å²) in [5.41, 5.74) is 2.56. The van der Waals surface area contributed by atoms with E-state index in [2.05, 4.69) is 57.3 Å². The van der Waals surface area contributed by atoms with Crippen LogP contribution >= 0.6 is 0 Å². The molecule has 0 amide bonds. The van der Waals surface area contributed by atoms with Gasteiger partial charge in [-0.3, -0.25) is 0 Å². The minimum atomic E-state index is 0.564. The van der Waals surface area contributed by atoms with Crippen LogP contribution in [-0.4, -0.2) is 6.04 Å². The van der Waals surface area contributed by atoms with E-state index in [0.29, 0.717) is 6.04 Å². The first-order chi connectivity index (χ1) is 7.08. The van der Waals surface area contributed by atoms with Gasteiger partial charge in [0.05, 0.1) is 0 Å². The van der Waals surface area contributed by atoms with Gasteiger partial charge in [-0.25, -0.2) is 0 Å². The number of benzene rings is 1. The zero-order valence-corrected chi connectivity index (χ0v) is 10.4. The highest BCUT2D eigenvalue weighted by atomic mass is 14.9. The molecule has 1 unspecified atom stereocenters. The number of hydrogen-bond acceptors (Lipinski definition) is 1. The summed E-state index contributed by atoms with van der Waals surface area (Å²) in [6, 6.07) is 9.14. The fraction of sp³-hybridized carbons (Fsp3) is 0.571. The summed E-state index contributed by atoms with van der Waals surface area (Å²) in [6.45, 7) is 8.94. The van der Waals surface area contributed by atoms with Crippen molar-refractivity contribution in [1.29, 1.82) is 0 Å². The molecule has 0 bridgehead atoms. The van der Waals surface area contributed by atoms with Gasteiger partial charge in [0.1, 0.15) is 0 Å². The number of hydrogen-bond donors (Lipinski definition) is 1. The summed E-state index contributed by atoms with van der Waals surface area (Å²) in [4.78, 5) is 0. The molecule has 0 heterocycles. The van der Waals surface area contributed by atoms with Gasteiger partial charge in [-0.05, 0) is 50.3 Å². The Bertz CT molecular complexity index is 291. The zero-order valence-electron chi connectivity index (χ0n) is 10.4. The van der Waals surface area contributed by atoms with Crippen molar-refractivity contribution in [3.8, 4) is 0 Å². The van der Waals surface area contributed by atoms with Crippen molar-refractivity contribution in [3.05, 3.63) is 29.8 Å². The third-order valence-electron chi connectivity index (χ3n) is 2.61. The summed E-state index contributed by atoms with van der Waals surface area (Å²) in [5, 5.41) is 3.54. The molecule has 0 saturated heterocycles. The highest BCUT2D eigenvalue weighted by molar-refractivity contribution is 5.45. The number of nitrogens with one attached hydrogen (secondary N) is 1. The van der Waals surface area contributed by atoms with Crippen LogP contribution in [0.2, 0.25) is 0 Å². The first-order valence-corrected chi connectivity index (χ1v) is 5.91. The lowest BCUT2D eigenvalue weighted by molar-refractivity contribution is 0.528. The fourth-order valence-electron chi connectivity index (χ4n) is 1.67. The van der Waals surface area contributed by atoms with E-state index in [1.165, 1.54) is 24.1 Å². The maximum Gasteiger partial charge on any atom is 0.0344 e. The van der Waals surface area contributed by atoms with Gasteiger partial charge in [0.15, 0.2) is 0 Å². The molecule has 0 aromatic heterocycles. The Labute approximate surface area is 93.9 Å². The average Bonchev–Trinajstić information content (AvgIpc) is 2.15. The van der Waals surface area contributed by atoms with Crippen LogP contribution in [0.4, 0.5) is 5.69 Å². The van der Waals surface area contributed by atoms with Crippen LogP contribution in [0.3, 0.4) is 0 Å². The Kier molecular flexibility index (Phi) is 4.67. The molecular weight excluding hydrogens is 182 g/mol. The second-order valence-corrected chi connectivity index (χ2v) is 4.89. The molecular formula is C14H23N. The Morgan fingerprint density at radius 3 is 2.47 bits per heavy atom. The lowest BCUT2D eigenvalue weighted by atomic mass is 10.0. The van der Waals surface area contributed by atoms with Gasteiger partial charge in [0.2, 0.25) is 0 Å². The number of aryl methyl sites for hydroxylation is 1. The fourth-order valence-corrected chi connectivity index (χ4v) is 1.67.